The molecular formula is C19H14F3NO6. The third kappa shape index (κ3) is 4.42. The van der Waals surface area contributed by atoms with Crippen molar-refractivity contribution in [2.45, 2.75) is 6.18 Å². The largest absolute Gasteiger partial charge is 0.497 e. The molecule has 0 aliphatic rings. The van der Waals surface area contributed by atoms with E-state index in [-0.39, 0.29) is 22.5 Å². The summed E-state index contributed by atoms with van der Waals surface area (Å²) in [5.41, 5.74) is 3.55. The van der Waals surface area contributed by atoms with Crippen molar-refractivity contribution in [1.29, 1.82) is 0 Å². The van der Waals surface area contributed by atoms with Crippen molar-refractivity contribution in [3.63, 3.8) is 0 Å². The van der Waals surface area contributed by atoms with E-state index in [1.54, 1.807) is 6.07 Å². The van der Waals surface area contributed by atoms with E-state index >= 15 is 0 Å². The van der Waals surface area contributed by atoms with Crippen molar-refractivity contribution < 1.29 is 36.6 Å². The van der Waals surface area contributed by atoms with Crippen LogP contribution in [-0.4, -0.2) is 19.6 Å². The van der Waals surface area contributed by atoms with E-state index in [0.29, 0.717) is 5.75 Å². The van der Waals surface area contributed by atoms with Gasteiger partial charge in [-0.1, -0.05) is 6.07 Å². The topological polar surface area (TPSA) is 101 Å². The number of hydrogen-bond acceptors (Lipinski definition) is 6. The summed E-state index contributed by atoms with van der Waals surface area (Å²) in [6, 6.07) is 9.31. The summed E-state index contributed by atoms with van der Waals surface area (Å²) in [5.74, 6) is -3.09. The molecule has 0 saturated carbocycles. The van der Waals surface area contributed by atoms with E-state index in [1.807, 2.05) is 0 Å². The number of amides is 1. The number of alkyl halides is 3. The van der Waals surface area contributed by atoms with Crippen molar-refractivity contribution in [1.82, 2.24) is 0 Å². The Hall–Kier alpha value is -3.69. The van der Waals surface area contributed by atoms with Gasteiger partial charge in [0.25, 0.3) is 11.7 Å². The zero-order chi connectivity index (χ0) is 21.2. The third-order valence-electron chi connectivity index (χ3n) is 3.72. The van der Waals surface area contributed by atoms with Crippen LogP contribution in [0.1, 0.15) is 5.76 Å². The molecule has 0 spiro atoms. The van der Waals surface area contributed by atoms with E-state index in [9.17, 15) is 22.8 Å². The first-order valence-corrected chi connectivity index (χ1v) is 8.10. The monoisotopic (exact) mass is 409 g/mol. The van der Waals surface area contributed by atoms with Crippen molar-refractivity contribution in [2.24, 2.45) is 5.73 Å². The summed E-state index contributed by atoms with van der Waals surface area (Å²) >= 11 is 0. The molecule has 0 aliphatic heterocycles. The Bertz CT molecular complexity index is 1120. The number of benzene rings is 2. The predicted molar refractivity (Wildman–Crippen MR) is 95.2 cm³/mol. The zero-order valence-corrected chi connectivity index (χ0v) is 14.9. The van der Waals surface area contributed by atoms with Gasteiger partial charge in [-0.2, -0.15) is 13.2 Å². The second kappa shape index (κ2) is 7.74. The highest BCUT2D eigenvalue weighted by atomic mass is 19.4. The number of halogens is 3. The molecule has 2 N–H and O–H groups in total. The van der Waals surface area contributed by atoms with Crippen LogP contribution in [0.4, 0.5) is 13.2 Å². The number of fused-ring (bicyclic) bond motifs is 1. The van der Waals surface area contributed by atoms with Gasteiger partial charge in [0.2, 0.25) is 11.2 Å². The van der Waals surface area contributed by atoms with E-state index in [4.69, 9.17) is 24.4 Å². The van der Waals surface area contributed by atoms with Gasteiger partial charge >= 0.3 is 6.18 Å². The number of methoxy groups -OCH3 is 1. The molecule has 1 amide bonds. The molecule has 0 bridgehead atoms. The van der Waals surface area contributed by atoms with Crippen LogP contribution in [0.15, 0.2) is 51.7 Å². The first kappa shape index (κ1) is 20.1. The second-order valence-electron chi connectivity index (χ2n) is 5.78. The van der Waals surface area contributed by atoms with Crippen LogP contribution in [0.2, 0.25) is 0 Å². The lowest BCUT2D eigenvalue weighted by atomic mass is 10.2. The van der Waals surface area contributed by atoms with Crippen molar-refractivity contribution in [2.75, 3.05) is 13.7 Å². The minimum Gasteiger partial charge on any atom is -0.497 e. The molecule has 0 aliphatic carbocycles. The molecule has 2 aromatic carbocycles. The zero-order valence-electron chi connectivity index (χ0n) is 14.9. The average molecular weight is 409 g/mol. The third-order valence-corrected chi connectivity index (χ3v) is 3.72. The lowest BCUT2D eigenvalue weighted by Gasteiger charge is -2.14. The fourth-order valence-corrected chi connectivity index (χ4v) is 2.46. The lowest BCUT2D eigenvalue weighted by Crippen LogP contribution is -2.20. The summed E-state index contributed by atoms with van der Waals surface area (Å²) in [4.78, 5) is 23.5. The van der Waals surface area contributed by atoms with Gasteiger partial charge in [0.15, 0.2) is 6.61 Å². The van der Waals surface area contributed by atoms with E-state index < -0.39 is 35.6 Å². The van der Waals surface area contributed by atoms with Gasteiger partial charge in [0, 0.05) is 12.1 Å². The first-order chi connectivity index (χ1) is 13.7. The fraction of sp³-hybridized carbons (Fsp3) is 0.158. The van der Waals surface area contributed by atoms with Gasteiger partial charge in [-0.15, -0.1) is 0 Å². The van der Waals surface area contributed by atoms with E-state index in [2.05, 4.69) is 0 Å². The number of rotatable bonds is 6. The summed E-state index contributed by atoms with van der Waals surface area (Å²) in [6.07, 6.45) is -5.01. The summed E-state index contributed by atoms with van der Waals surface area (Å²) < 4.78 is 60.8. The fourth-order valence-electron chi connectivity index (χ4n) is 2.46. The van der Waals surface area contributed by atoms with Crippen LogP contribution in [0.3, 0.4) is 0 Å². The van der Waals surface area contributed by atoms with Gasteiger partial charge in [0.1, 0.15) is 22.8 Å². The summed E-state index contributed by atoms with van der Waals surface area (Å²) in [6.45, 7) is -0.487. The normalized spacial score (nSPS) is 11.3. The maximum absolute atomic E-state index is 13.5. The van der Waals surface area contributed by atoms with Crippen LogP contribution in [0.5, 0.6) is 23.0 Å². The van der Waals surface area contributed by atoms with Gasteiger partial charge in [-0.25, -0.2) is 0 Å². The minimum atomic E-state index is -5.01. The molecule has 7 nitrogen and oxygen atoms in total. The summed E-state index contributed by atoms with van der Waals surface area (Å²) in [5, 5.41) is -0.165. The number of primary amides is 1. The molecule has 0 fully saturated rings. The van der Waals surface area contributed by atoms with Gasteiger partial charge in [-0.3, -0.25) is 9.59 Å². The van der Waals surface area contributed by atoms with Gasteiger partial charge < -0.3 is 24.4 Å². The van der Waals surface area contributed by atoms with Crippen LogP contribution in [0, 0.1) is 0 Å². The van der Waals surface area contributed by atoms with Crippen molar-refractivity contribution >= 4 is 16.9 Å². The van der Waals surface area contributed by atoms with E-state index in [1.165, 1.54) is 37.4 Å². The molecule has 152 valence electrons. The SMILES string of the molecule is COc1cccc(Oc2c(C(F)(F)F)oc3cc(OCC(N)=O)ccc3c2=O)c1. The number of hydrogen-bond donors (Lipinski definition) is 1. The van der Waals surface area contributed by atoms with Crippen LogP contribution >= 0.6 is 0 Å². The Balaban J connectivity index is 2.12. The van der Waals surface area contributed by atoms with E-state index in [0.717, 1.165) is 6.07 Å². The van der Waals surface area contributed by atoms with Crippen molar-refractivity contribution in [3.05, 3.63) is 58.4 Å². The number of carbonyl (C=O) groups excluding carboxylic acids is 1. The maximum Gasteiger partial charge on any atom is 0.453 e. The number of nitrogens with two attached hydrogens (primary N) is 1. The van der Waals surface area contributed by atoms with Crippen LogP contribution < -0.4 is 25.4 Å². The average Bonchev–Trinajstić information content (AvgIpc) is 2.67. The molecule has 3 aromatic rings. The van der Waals surface area contributed by atoms with Crippen molar-refractivity contribution in [3.8, 4) is 23.0 Å². The molecule has 3 rings (SSSR count). The Morgan fingerprint density at radius 1 is 1.10 bits per heavy atom. The van der Waals surface area contributed by atoms with Gasteiger partial charge in [-0.05, 0) is 24.3 Å². The molecule has 1 heterocycles. The first-order valence-electron chi connectivity index (χ1n) is 8.10. The van der Waals surface area contributed by atoms with Gasteiger partial charge in [0.05, 0.1) is 12.5 Å². The molecule has 0 unspecified atom stereocenters. The molecule has 0 saturated heterocycles. The number of carbonyl (C=O) groups is 1. The maximum atomic E-state index is 13.5. The highest BCUT2D eigenvalue weighted by Crippen LogP contribution is 2.39. The predicted octanol–water partition coefficient (Wildman–Crippen LogP) is 3.48. The Labute approximate surface area is 161 Å². The second-order valence-corrected chi connectivity index (χ2v) is 5.78. The van der Waals surface area contributed by atoms with Crippen LogP contribution in [-0.2, 0) is 11.0 Å². The highest BCUT2D eigenvalue weighted by Gasteiger charge is 2.40. The molecule has 0 radical (unpaired) electrons. The number of ether oxygens (including phenoxy) is 3. The lowest BCUT2D eigenvalue weighted by molar-refractivity contribution is -0.154. The standard InChI is InChI=1S/C19H14F3NO6/c1-26-10-3-2-4-12(7-10)28-17-16(25)13-6-5-11(27-9-15(23)24)8-14(13)29-18(17)19(20,21)22/h2-8H,9H2,1H3,(H2,23,24). The summed E-state index contributed by atoms with van der Waals surface area (Å²) in [7, 11) is 1.38. The quantitative estimate of drug-likeness (QED) is 0.669. The molecular weight excluding hydrogens is 395 g/mol. The smallest absolute Gasteiger partial charge is 0.453 e. The molecule has 0 atom stereocenters. The highest BCUT2D eigenvalue weighted by molar-refractivity contribution is 5.80. The Morgan fingerprint density at radius 2 is 1.83 bits per heavy atom. The Morgan fingerprint density at radius 3 is 2.48 bits per heavy atom. The molecule has 29 heavy (non-hydrogen) atoms. The minimum absolute atomic E-state index is 0.00837. The molecule has 1 aromatic heterocycles. The Kier molecular flexibility index (Phi) is 5.35. The molecule has 10 heteroatoms. The van der Waals surface area contributed by atoms with Crippen LogP contribution in [0.25, 0.3) is 11.0 Å².